The summed E-state index contributed by atoms with van der Waals surface area (Å²) in [5.41, 5.74) is 2.04. The highest BCUT2D eigenvalue weighted by Gasteiger charge is 2.53. The molecule has 1 atom stereocenters. The molecular formula is C11H12F3NO2. The highest BCUT2D eigenvalue weighted by Crippen LogP contribution is 2.31. The Balaban J connectivity index is 3.04. The van der Waals surface area contributed by atoms with Crippen molar-refractivity contribution in [2.24, 2.45) is 5.73 Å². The first kappa shape index (κ1) is 13.5. The van der Waals surface area contributed by atoms with Gasteiger partial charge in [-0.05, 0) is 31.2 Å². The Morgan fingerprint density at radius 1 is 1.24 bits per heavy atom. The quantitative estimate of drug-likeness (QED) is 0.833. The minimum absolute atomic E-state index is 0.104. The first-order valence-electron chi connectivity index (χ1n) is 4.74. The van der Waals surface area contributed by atoms with Crippen molar-refractivity contribution >= 4 is 5.78 Å². The van der Waals surface area contributed by atoms with Crippen molar-refractivity contribution in [2.45, 2.75) is 18.6 Å². The van der Waals surface area contributed by atoms with E-state index in [-0.39, 0.29) is 5.56 Å². The molecule has 0 aromatic heterocycles. The van der Waals surface area contributed by atoms with Gasteiger partial charge in [-0.1, -0.05) is 0 Å². The molecule has 0 aliphatic rings. The van der Waals surface area contributed by atoms with Crippen molar-refractivity contribution in [3.05, 3.63) is 29.8 Å². The summed E-state index contributed by atoms with van der Waals surface area (Å²) >= 11 is 0. The summed E-state index contributed by atoms with van der Waals surface area (Å²) in [6.07, 6.45) is -4.79. The zero-order valence-electron chi connectivity index (χ0n) is 9.34. The Bertz CT molecular complexity index is 410. The van der Waals surface area contributed by atoms with Crippen molar-refractivity contribution in [3.63, 3.8) is 0 Å². The van der Waals surface area contributed by atoms with Crippen LogP contribution in [0.5, 0.6) is 5.75 Å². The second kappa shape index (κ2) is 4.37. The van der Waals surface area contributed by atoms with Crippen LogP contribution < -0.4 is 10.5 Å². The van der Waals surface area contributed by atoms with Crippen LogP contribution in [0.4, 0.5) is 13.2 Å². The third-order valence-electron chi connectivity index (χ3n) is 2.41. The molecule has 0 bridgehead atoms. The topological polar surface area (TPSA) is 52.3 Å². The molecule has 1 rings (SSSR count). The van der Waals surface area contributed by atoms with Crippen molar-refractivity contribution in [3.8, 4) is 5.75 Å². The smallest absolute Gasteiger partial charge is 0.413 e. The molecule has 0 fully saturated rings. The summed E-state index contributed by atoms with van der Waals surface area (Å²) in [5.74, 6) is -0.722. The van der Waals surface area contributed by atoms with Gasteiger partial charge in [0, 0.05) is 5.56 Å². The van der Waals surface area contributed by atoms with E-state index in [2.05, 4.69) is 0 Å². The van der Waals surface area contributed by atoms with Gasteiger partial charge in [0.2, 0.25) is 0 Å². The van der Waals surface area contributed by atoms with E-state index in [1.165, 1.54) is 31.4 Å². The number of hydrogen-bond acceptors (Lipinski definition) is 3. The van der Waals surface area contributed by atoms with Gasteiger partial charge in [-0.2, -0.15) is 13.2 Å². The van der Waals surface area contributed by atoms with Gasteiger partial charge in [0.15, 0.2) is 11.3 Å². The third kappa shape index (κ3) is 2.58. The number of carbonyl (C=O) groups excluding carboxylic acids is 1. The molecule has 0 radical (unpaired) electrons. The van der Waals surface area contributed by atoms with E-state index >= 15 is 0 Å². The summed E-state index contributed by atoms with van der Waals surface area (Å²) in [5, 5.41) is 0. The molecule has 0 amide bonds. The van der Waals surface area contributed by atoms with Crippen molar-refractivity contribution in [1.29, 1.82) is 0 Å². The molecule has 1 aromatic rings. The number of carbonyl (C=O) groups is 1. The normalized spacial score (nSPS) is 15.2. The molecule has 0 heterocycles. The minimum Gasteiger partial charge on any atom is -0.497 e. The Kier molecular flexibility index (Phi) is 3.47. The number of halogens is 3. The van der Waals surface area contributed by atoms with Crippen LogP contribution in [0.1, 0.15) is 17.3 Å². The van der Waals surface area contributed by atoms with Crippen LogP contribution in [0.15, 0.2) is 24.3 Å². The summed E-state index contributed by atoms with van der Waals surface area (Å²) in [7, 11) is 1.42. The monoisotopic (exact) mass is 247 g/mol. The lowest BCUT2D eigenvalue weighted by Gasteiger charge is -2.25. The average Bonchev–Trinajstić information content (AvgIpc) is 2.26. The van der Waals surface area contributed by atoms with Gasteiger partial charge in [0.25, 0.3) is 0 Å². The molecule has 0 aliphatic carbocycles. The lowest BCUT2D eigenvalue weighted by atomic mass is 9.91. The van der Waals surface area contributed by atoms with Crippen LogP contribution in [0.25, 0.3) is 0 Å². The van der Waals surface area contributed by atoms with E-state index in [1.807, 2.05) is 0 Å². The largest absolute Gasteiger partial charge is 0.497 e. The van der Waals surface area contributed by atoms with E-state index in [1.54, 1.807) is 0 Å². The summed E-state index contributed by atoms with van der Waals surface area (Å²) in [4.78, 5) is 11.6. The molecule has 0 spiro atoms. The number of Topliss-reactive ketones (excluding diaryl/α,β-unsaturated/α-hetero) is 1. The van der Waals surface area contributed by atoms with Crippen LogP contribution in [0.2, 0.25) is 0 Å². The number of benzene rings is 1. The van der Waals surface area contributed by atoms with E-state index in [0.29, 0.717) is 12.7 Å². The highest BCUT2D eigenvalue weighted by atomic mass is 19.4. The fraction of sp³-hybridized carbons (Fsp3) is 0.364. The second-order valence-electron chi connectivity index (χ2n) is 3.76. The maximum Gasteiger partial charge on any atom is 0.413 e. The molecule has 6 heteroatoms. The number of hydrogen-bond donors (Lipinski definition) is 1. The van der Waals surface area contributed by atoms with E-state index in [0.717, 1.165) is 0 Å². The lowest BCUT2D eigenvalue weighted by molar-refractivity contribution is -0.165. The third-order valence-corrected chi connectivity index (χ3v) is 2.41. The Hall–Kier alpha value is -1.56. The molecule has 17 heavy (non-hydrogen) atoms. The van der Waals surface area contributed by atoms with Gasteiger partial charge in [-0.3, -0.25) is 4.79 Å². The summed E-state index contributed by atoms with van der Waals surface area (Å²) in [6.45, 7) is 0.652. The summed E-state index contributed by atoms with van der Waals surface area (Å²) < 4.78 is 42.5. The molecule has 0 saturated carbocycles. The number of rotatable bonds is 3. The number of methoxy groups -OCH3 is 1. The average molecular weight is 247 g/mol. The molecule has 2 N–H and O–H groups in total. The van der Waals surface area contributed by atoms with E-state index < -0.39 is 17.5 Å². The van der Waals surface area contributed by atoms with Crippen LogP contribution in [0.3, 0.4) is 0 Å². The van der Waals surface area contributed by atoms with Crippen LogP contribution in [-0.2, 0) is 0 Å². The first-order valence-corrected chi connectivity index (χ1v) is 4.74. The van der Waals surface area contributed by atoms with Gasteiger partial charge < -0.3 is 10.5 Å². The van der Waals surface area contributed by atoms with Crippen molar-refractivity contribution in [1.82, 2.24) is 0 Å². The van der Waals surface area contributed by atoms with Gasteiger partial charge in [-0.15, -0.1) is 0 Å². The molecule has 3 nitrogen and oxygen atoms in total. The Labute approximate surface area is 96.4 Å². The molecule has 0 aliphatic heterocycles. The molecule has 1 unspecified atom stereocenters. The fourth-order valence-corrected chi connectivity index (χ4v) is 1.17. The molecular weight excluding hydrogens is 235 g/mol. The first-order chi connectivity index (χ1) is 7.70. The lowest BCUT2D eigenvalue weighted by Crippen LogP contribution is -2.57. The summed E-state index contributed by atoms with van der Waals surface area (Å²) in [6, 6.07) is 5.30. The van der Waals surface area contributed by atoms with E-state index in [4.69, 9.17) is 10.5 Å². The predicted molar refractivity (Wildman–Crippen MR) is 56.0 cm³/mol. The maximum atomic E-state index is 12.5. The van der Waals surface area contributed by atoms with Crippen LogP contribution in [0, 0.1) is 0 Å². The number of alkyl halides is 3. The number of ether oxygens (including phenoxy) is 1. The van der Waals surface area contributed by atoms with Gasteiger partial charge in [0.05, 0.1) is 7.11 Å². The minimum atomic E-state index is -4.79. The Morgan fingerprint density at radius 2 is 1.71 bits per heavy atom. The second-order valence-corrected chi connectivity index (χ2v) is 3.76. The fourth-order valence-electron chi connectivity index (χ4n) is 1.17. The van der Waals surface area contributed by atoms with Gasteiger partial charge >= 0.3 is 6.18 Å². The SMILES string of the molecule is COc1ccc(C(=O)C(C)(N)C(F)(F)F)cc1. The standard InChI is InChI=1S/C11H12F3NO2/c1-10(15,11(12,13)14)9(16)7-3-5-8(17-2)6-4-7/h3-6H,15H2,1-2H3. The van der Waals surface area contributed by atoms with Crippen molar-refractivity contribution in [2.75, 3.05) is 7.11 Å². The van der Waals surface area contributed by atoms with Crippen LogP contribution >= 0.6 is 0 Å². The van der Waals surface area contributed by atoms with Gasteiger partial charge in [-0.25, -0.2) is 0 Å². The molecule has 0 saturated heterocycles. The Morgan fingerprint density at radius 3 is 2.06 bits per heavy atom. The molecule has 94 valence electrons. The highest BCUT2D eigenvalue weighted by molar-refractivity contribution is 6.03. The van der Waals surface area contributed by atoms with Crippen molar-refractivity contribution < 1.29 is 22.7 Å². The van der Waals surface area contributed by atoms with Crippen LogP contribution in [-0.4, -0.2) is 24.6 Å². The zero-order chi connectivity index (χ0) is 13.3. The predicted octanol–water partition coefficient (Wildman–Crippen LogP) is 2.16. The molecule has 1 aromatic carbocycles. The number of nitrogens with two attached hydrogens (primary N) is 1. The number of ketones is 1. The zero-order valence-corrected chi connectivity index (χ0v) is 9.34. The van der Waals surface area contributed by atoms with E-state index in [9.17, 15) is 18.0 Å². The van der Waals surface area contributed by atoms with Gasteiger partial charge in [0.1, 0.15) is 5.75 Å². The maximum absolute atomic E-state index is 12.5.